The number of likely N-dealkylation sites (tertiary alicyclic amines) is 1. The minimum atomic E-state index is -3.97. The summed E-state index contributed by atoms with van der Waals surface area (Å²) in [6.07, 6.45) is 1.43. The highest BCUT2D eigenvalue weighted by Gasteiger charge is 2.48. The summed E-state index contributed by atoms with van der Waals surface area (Å²) < 4.78 is 53.2. The number of rotatable bonds is 15. The monoisotopic (exact) mass is 763 g/mol. The molecule has 16 heteroatoms. The zero-order valence-electron chi connectivity index (χ0n) is 31.6. The number of ether oxygens (including phenoxy) is 2. The van der Waals surface area contributed by atoms with Gasteiger partial charge < -0.3 is 25.0 Å². The number of hydrogen-bond acceptors (Lipinski definition) is 9. The van der Waals surface area contributed by atoms with Crippen molar-refractivity contribution in [1.82, 2.24) is 25.2 Å². The molecule has 5 amide bonds. The van der Waals surface area contributed by atoms with Gasteiger partial charge in [0.2, 0.25) is 21.8 Å². The number of nitrogens with zero attached hydrogens (tertiary/aromatic N) is 2. The number of halogens is 1. The molecule has 294 valence electrons. The number of carbonyl (C=O) groups is 5. The summed E-state index contributed by atoms with van der Waals surface area (Å²) in [6.45, 7) is 13.8. The van der Waals surface area contributed by atoms with E-state index in [1.165, 1.54) is 22.8 Å². The molecule has 1 aromatic rings. The Morgan fingerprint density at radius 3 is 2.36 bits per heavy atom. The maximum Gasteiger partial charge on any atom is 0.410 e. The Kier molecular flexibility index (Phi) is 13.2. The highest BCUT2D eigenvalue weighted by molar-refractivity contribution is 7.91. The fourth-order valence-corrected chi connectivity index (χ4v) is 8.04. The summed E-state index contributed by atoms with van der Waals surface area (Å²) in [5, 5.41) is 4.64. The Morgan fingerprint density at radius 2 is 1.75 bits per heavy atom. The summed E-state index contributed by atoms with van der Waals surface area (Å²) in [7, 11) is -3.97. The number of carbonyl (C=O) groups excluding carboxylic acids is 5. The van der Waals surface area contributed by atoms with E-state index in [1.54, 1.807) is 39.8 Å². The van der Waals surface area contributed by atoms with Gasteiger partial charge in [0, 0.05) is 18.5 Å². The highest BCUT2D eigenvalue weighted by Crippen LogP contribution is 2.30. The Bertz CT molecular complexity index is 1690. The summed E-state index contributed by atoms with van der Waals surface area (Å²) in [6, 6.07) is 2.19. The van der Waals surface area contributed by atoms with Crippen molar-refractivity contribution >= 4 is 39.9 Å². The number of nitrogens with one attached hydrogen (secondary N) is 3. The number of alkyl carbamates (subject to hydrolysis) is 1. The van der Waals surface area contributed by atoms with E-state index in [9.17, 15) is 36.8 Å². The zero-order valence-corrected chi connectivity index (χ0v) is 32.4. The summed E-state index contributed by atoms with van der Waals surface area (Å²) in [5.74, 6) is -2.82. The second-order valence-electron chi connectivity index (χ2n) is 15.7. The fourth-order valence-electron chi connectivity index (χ4n) is 6.63. The van der Waals surface area contributed by atoms with Gasteiger partial charge in [-0.2, -0.15) is 0 Å². The van der Waals surface area contributed by atoms with Crippen molar-refractivity contribution in [2.75, 3.05) is 6.54 Å². The van der Waals surface area contributed by atoms with E-state index in [-0.39, 0.29) is 38.9 Å². The molecule has 0 aromatic heterocycles. The van der Waals surface area contributed by atoms with Gasteiger partial charge in [-0.25, -0.2) is 22.4 Å². The average Bonchev–Trinajstić information content (AvgIpc) is 3.69. The summed E-state index contributed by atoms with van der Waals surface area (Å²) in [5.41, 5.74) is -1.14. The molecular formula is C37H54FN5O9S. The van der Waals surface area contributed by atoms with Crippen molar-refractivity contribution in [2.24, 2.45) is 0 Å². The first-order chi connectivity index (χ1) is 24.7. The quantitative estimate of drug-likeness (QED) is 0.171. The molecule has 1 aromatic carbocycles. The molecular weight excluding hydrogens is 709 g/mol. The highest BCUT2D eigenvalue weighted by atomic mass is 32.2. The van der Waals surface area contributed by atoms with Crippen LogP contribution in [0, 0.1) is 5.82 Å². The van der Waals surface area contributed by atoms with Gasteiger partial charge in [0.1, 0.15) is 35.1 Å². The lowest BCUT2D eigenvalue weighted by Crippen LogP contribution is -2.62. The predicted octanol–water partition coefficient (Wildman–Crippen LogP) is 4.56. The van der Waals surface area contributed by atoms with E-state index in [1.807, 2.05) is 6.92 Å². The average molecular weight is 764 g/mol. The third-order valence-corrected chi connectivity index (χ3v) is 11.2. The molecule has 4 unspecified atom stereocenters. The molecule has 4 rings (SSSR count). The molecule has 4 atom stereocenters. The Balaban J connectivity index is 1.60. The van der Waals surface area contributed by atoms with Crippen molar-refractivity contribution in [3.63, 3.8) is 0 Å². The van der Waals surface area contributed by atoms with Crippen LogP contribution >= 0.6 is 0 Å². The molecule has 1 saturated heterocycles. The van der Waals surface area contributed by atoms with E-state index in [4.69, 9.17) is 9.47 Å². The largest absolute Gasteiger partial charge is 0.444 e. The molecule has 1 saturated carbocycles. The van der Waals surface area contributed by atoms with Crippen molar-refractivity contribution in [3.05, 3.63) is 47.3 Å². The van der Waals surface area contributed by atoms with Crippen molar-refractivity contribution in [1.29, 1.82) is 0 Å². The van der Waals surface area contributed by atoms with Gasteiger partial charge in [-0.05, 0) is 71.9 Å². The zero-order chi connectivity index (χ0) is 39.3. The van der Waals surface area contributed by atoms with Gasteiger partial charge in [-0.1, -0.05) is 50.3 Å². The van der Waals surface area contributed by atoms with Crippen LogP contribution in [-0.2, 0) is 47.0 Å². The maximum atomic E-state index is 14.4. The number of hydrogen-bond donors (Lipinski definition) is 3. The van der Waals surface area contributed by atoms with E-state index in [0.717, 1.165) is 19.3 Å². The lowest BCUT2D eigenvalue weighted by Gasteiger charge is -2.33. The van der Waals surface area contributed by atoms with Crippen LogP contribution in [0.25, 0.3) is 0 Å². The Morgan fingerprint density at radius 1 is 1.06 bits per heavy atom. The molecule has 3 aliphatic rings. The fraction of sp³-hybridized carbons (Fsp3) is 0.649. The number of unbranched alkanes of at least 4 members (excludes halogenated alkanes) is 3. The third-order valence-electron chi connectivity index (χ3n) is 9.39. The molecule has 53 heavy (non-hydrogen) atoms. The van der Waals surface area contributed by atoms with Gasteiger partial charge in [0.05, 0.1) is 18.3 Å². The van der Waals surface area contributed by atoms with Gasteiger partial charge >= 0.3 is 12.2 Å². The van der Waals surface area contributed by atoms with E-state index in [0.29, 0.717) is 36.0 Å². The molecule has 0 bridgehead atoms. The van der Waals surface area contributed by atoms with Crippen molar-refractivity contribution < 1.29 is 46.3 Å². The van der Waals surface area contributed by atoms with Crippen LogP contribution in [0.5, 0.6) is 0 Å². The van der Waals surface area contributed by atoms with Crippen molar-refractivity contribution in [2.45, 2.75) is 147 Å². The molecule has 0 spiro atoms. The predicted molar refractivity (Wildman–Crippen MR) is 194 cm³/mol. The van der Waals surface area contributed by atoms with Crippen LogP contribution in [0.2, 0.25) is 0 Å². The van der Waals surface area contributed by atoms with Crippen LogP contribution in [0.1, 0.15) is 110 Å². The van der Waals surface area contributed by atoms with Crippen LogP contribution in [0.15, 0.2) is 30.4 Å². The summed E-state index contributed by atoms with van der Waals surface area (Å²) in [4.78, 5) is 70.9. The SMILES string of the molecule is C=C(C)CC(C)(NC(=O)C1CC(OC(=O)N2Cc3cccc(F)c3C2)CN1C(=O)C(CCCCCC)NC(=O)OC(C)(C)C)C(=O)NS(=O)(=O)C1CC1. The normalized spacial score (nSPS) is 20.1. The Labute approximate surface area is 311 Å². The number of benzene rings is 1. The van der Waals surface area contributed by atoms with Crippen LogP contribution in [0.3, 0.4) is 0 Å². The first-order valence-corrected chi connectivity index (χ1v) is 19.8. The summed E-state index contributed by atoms with van der Waals surface area (Å²) >= 11 is 0. The first-order valence-electron chi connectivity index (χ1n) is 18.3. The van der Waals surface area contributed by atoms with Crippen LogP contribution in [0.4, 0.5) is 14.0 Å². The lowest BCUT2D eigenvalue weighted by molar-refractivity contribution is -0.142. The molecule has 1 aliphatic carbocycles. The van der Waals surface area contributed by atoms with Gasteiger partial charge in [0.25, 0.3) is 5.91 Å². The smallest absolute Gasteiger partial charge is 0.410 e. The van der Waals surface area contributed by atoms with Gasteiger partial charge in [-0.3, -0.25) is 24.0 Å². The molecule has 3 N–H and O–H groups in total. The van der Waals surface area contributed by atoms with Crippen molar-refractivity contribution in [3.8, 4) is 0 Å². The number of sulfonamides is 1. The molecule has 2 heterocycles. The van der Waals surface area contributed by atoms with Gasteiger partial charge in [0.15, 0.2) is 0 Å². The number of amides is 5. The van der Waals surface area contributed by atoms with Crippen LogP contribution < -0.4 is 15.4 Å². The standard InChI is InChI=1S/C37H54FN5O9S/c1-8-9-10-11-15-29(39-34(47)52-36(4,5)6)32(45)43-21-25(51-35(48)42-20-24-13-12-14-28(38)27(24)22-42)18-30(43)31(44)40-37(7,19-23(2)3)33(46)41-53(49,50)26-16-17-26/h12-14,25-26,29-30H,2,8-11,15-22H2,1,3-7H3,(H,39,47)(H,40,44)(H,41,46). The third kappa shape index (κ3) is 11.2. The van der Waals surface area contributed by atoms with E-state index < -0.39 is 80.3 Å². The topological polar surface area (TPSA) is 181 Å². The molecule has 2 fully saturated rings. The van der Waals surface area contributed by atoms with Crippen LogP contribution in [-0.4, -0.2) is 89.2 Å². The minimum Gasteiger partial charge on any atom is -0.444 e. The van der Waals surface area contributed by atoms with E-state index >= 15 is 0 Å². The minimum absolute atomic E-state index is 0.0160. The second kappa shape index (κ2) is 16.9. The van der Waals surface area contributed by atoms with Gasteiger partial charge in [-0.15, -0.1) is 6.58 Å². The second-order valence-corrected chi connectivity index (χ2v) is 17.6. The molecule has 2 aliphatic heterocycles. The lowest BCUT2D eigenvalue weighted by atomic mass is 9.92. The maximum absolute atomic E-state index is 14.4. The number of fused-ring (bicyclic) bond motifs is 1. The van der Waals surface area contributed by atoms with E-state index in [2.05, 4.69) is 21.9 Å². The first kappa shape index (κ1) is 41.5. The molecule has 0 radical (unpaired) electrons. The molecule has 14 nitrogen and oxygen atoms in total. The Hall–Kier alpha value is -4.21.